The van der Waals surface area contributed by atoms with E-state index in [0.29, 0.717) is 6.61 Å². The lowest BCUT2D eigenvalue weighted by atomic mass is 10.2. The van der Waals surface area contributed by atoms with Gasteiger partial charge in [0.25, 0.3) is 0 Å². The highest BCUT2D eigenvalue weighted by atomic mass is 16.5. The minimum Gasteiger partial charge on any atom is -0.487 e. The smallest absolute Gasteiger partial charge is 0.142 e. The number of rotatable bonds is 6. The van der Waals surface area contributed by atoms with E-state index in [1.807, 2.05) is 37.4 Å². The molecular formula is C15H19N3O. The third-order valence-corrected chi connectivity index (χ3v) is 2.73. The molecule has 0 saturated heterocycles. The molecule has 0 aliphatic carbocycles. The molecule has 0 amide bonds. The van der Waals surface area contributed by atoms with E-state index in [-0.39, 0.29) is 0 Å². The molecule has 4 nitrogen and oxygen atoms in total. The molecule has 0 radical (unpaired) electrons. The molecule has 2 aromatic heterocycles. The lowest BCUT2D eigenvalue weighted by Gasteiger charge is -2.11. The van der Waals surface area contributed by atoms with Crippen LogP contribution in [-0.4, -0.2) is 16.5 Å². The molecule has 0 aromatic carbocycles. The fraction of sp³-hybridized carbons (Fsp3) is 0.333. The zero-order valence-corrected chi connectivity index (χ0v) is 11.4. The first-order valence-corrected chi connectivity index (χ1v) is 6.48. The molecule has 0 unspecified atom stereocenters. The normalized spacial score (nSPS) is 10.4. The van der Waals surface area contributed by atoms with Gasteiger partial charge in [0.2, 0.25) is 0 Å². The van der Waals surface area contributed by atoms with Crippen LogP contribution in [0.2, 0.25) is 0 Å². The molecule has 0 fully saturated rings. The van der Waals surface area contributed by atoms with Gasteiger partial charge in [-0.25, -0.2) is 0 Å². The molecule has 2 aromatic rings. The van der Waals surface area contributed by atoms with Gasteiger partial charge in [0.1, 0.15) is 12.4 Å². The average molecular weight is 257 g/mol. The molecule has 0 spiro atoms. The molecule has 4 heteroatoms. The van der Waals surface area contributed by atoms with Crippen LogP contribution in [0.5, 0.6) is 5.75 Å². The van der Waals surface area contributed by atoms with E-state index in [1.54, 1.807) is 6.20 Å². The zero-order chi connectivity index (χ0) is 13.5. The van der Waals surface area contributed by atoms with E-state index < -0.39 is 0 Å². The topological polar surface area (TPSA) is 47.0 Å². The Morgan fingerprint density at radius 3 is 2.89 bits per heavy atom. The van der Waals surface area contributed by atoms with Gasteiger partial charge < -0.3 is 10.1 Å². The van der Waals surface area contributed by atoms with Crippen molar-refractivity contribution in [3.8, 4) is 5.75 Å². The second-order valence-electron chi connectivity index (χ2n) is 4.33. The highest BCUT2D eigenvalue weighted by molar-refractivity contribution is 5.29. The molecule has 0 aliphatic heterocycles. The Balaban J connectivity index is 2.06. The number of nitrogens with zero attached hydrogens (tertiary/aromatic N) is 2. The van der Waals surface area contributed by atoms with E-state index in [0.717, 1.165) is 35.8 Å². The number of nitrogens with one attached hydrogen (secondary N) is 1. The first kappa shape index (κ1) is 13.5. The van der Waals surface area contributed by atoms with E-state index in [2.05, 4.69) is 22.2 Å². The van der Waals surface area contributed by atoms with Crippen molar-refractivity contribution in [3.05, 3.63) is 53.6 Å². The molecule has 0 atom stereocenters. The van der Waals surface area contributed by atoms with Crippen molar-refractivity contribution in [2.75, 3.05) is 6.54 Å². The van der Waals surface area contributed by atoms with Crippen LogP contribution in [0.3, 0.4) is 0 Å². The van der Waals surface area contributed by atoms with E-state index >= 15 is 0 Å². The van der Waals surface area contributed by atoms with Gasteiger partial charge in [0, 0.05) is 30.2 Å². The van der Waals surface area contributed by atoms with E-state index in [9.17, 15) is 0 Å². The summed E-state index contributed by atoms with van der Waals surface area (Å²) in [6.45, 7) is 6.21. The van der Waals surface area contributed by atoms with Gasteiger partial charge in [-0.1, -0.05) is 13.0 Å². The lowest BCUT2D eigenvalue weighted by Crippen LogP contribution is -2.14. The third-order valence-electron chi connectivity index (χ3n) is 2.73. The molecule has 2 heterocycles. The highest BCUT2D eigenvalue weighted by Gasteiger charge is 2.06. The molecule has 2 rings (SSSR count). The summed E-state index contributed by atoms with van der Waals surface area (Å²) >= 11 is 0. The molecule has 0 saturated carbocycles. The summed E-state index contributed by atoms with van der Waals surface area (Å²) < 4.78 is 5.83. The summed E-state index contributed by atoms with van der Waals surface area (Å²) in [5, 5.41) is 3.28. The molecule has 19 heavy (non-hydrogen) atoms. The molecular weight excluding hydrogens is 238 g/mol. The largest absolute Gasteiger partial charge is 0.487 e. The van der Waals surface area contributed by atoms with Crippen LogP contribution >= 0.6 is 0 Å². The number of ether oxygens (including phenoxy) is 1. The van der Waals surface area contributed by atoms with Gasteiger partial charge in [0.05, 0.1) is 5.69 Å². The minimum atomic E-state index is 0.512. The summed E-state index contributed by atoms with van der Waals surface area (Å²) in [5.41, 5.74) is 3.00. The fourth-order valence-electron chi connectivity index (χ4n) is 1.74. The van der Waals surface area contributed by atoms with Crippen LogP contribution in [0.15, 0.2) is 36.7 Å². The van der Waals surface area contributed by atoms with Crippen LogP contribution in [0.4, 0.5) is 0 Å². The maximum Gasteiger partial charge on any atom is 0.142 e. The first-order chi connectivity index (χ1) is 9.29. The second kappa shape index (κ2) is 6.85. The van der Waals surface area contributed by atoms with Crippen LogP contribution < -0.4 is 10.1 Å². The number of pyridine rings is 2. The zero-order valence-electron chi connectivity index (χ0n) is 11.4. The predicted octanol–water partition coefficient (Wildman–Crippen LogP) is 2.47. The maximum absolute atomic E-state index is 5.83. The fourth-order valence-corrected chi connectivity index (χ4v) is 1.74. The lowest BCUT2D eigenvalue weighted by molar-refractivity contribution is 0.299. The Bertz CT molecular complexity index is 514. The number of hydrogen-bond acceptors (Lipinski definition) is 4. The minimum absolute atomic E-state index is 0.512. The Morgan fingerprint density at radius 2 is 2.16 bits per heavy atom. The van der Waals surface area contributed by atoms with Gasteiger partial charge in [-0.15, -0.1) is 0 Å². The van der Waals surface area contributed by atoms with Gasteiger partial charge in [-0.3, -0.25) is 9.97 Å². The van der Waals surface area contributed by atoms with Crippen molar-refractivity contribution in [2.24, 2.45) is 0 Å². The van der Waals surface area contributed by atoms with Crippen molar-refractivity contribution in [3.63, 3.8) is 0 Å². The number of hydrogen-bond donors (Lipinski definition) is 1. The van der Waals surface area contributed by atoms with Crippen LogP contribution in [0, 0.1) is 6.92 Å². The SMILES string of the molecule is CCNCc1nc(C)ccc1OCc1cccnc1. The molecule has 0 aliphatic rings. The summed E-state index contributed by atoms with van der Waals surface area (Å²) in [5.74, 6) is 0.829. The quantitative estimate of drug-likeness (QED) is 0.863. The van der Waals surface area contributed by atoms with Crippen LogP contribution in [-0.2, 0) is 13.2 Å². The van der Waals surface area contributed by atoms with Crippen LogP contribution in [0.1, 0.15) is 23.9 Å². The Morgan fingerprint density at radius 1 is 1.26 bits per heavy atom. The Hall–Kier alpha value is -1.94. The van der Waals surface area contributed by atoms with Crippen molar-refractivity contribution >= 4 is 0 Å². The number of aromatic nitrogens is 2. The Labute approximate surface area is 113 Å². The average Bonchev–Trinajstić information content (AvgIpc) is 2.45. The van der Waals surface area contributed by atoms with Gasteiger partial charge >= 0.3 is 0 Å². The van der Waals surface area contributed by atoms with Gasteiger partial charge in [-0.05, 0) is 31.7 Å². The summed E-state index contributed by atoms with van der Waals surface area (Å²) in [6.07, 6.45) is 3.57. The van der Waals surface area contributed by atoms with E-state index in [1.165, 1.54) is 0 Å². The summed E-state index contributed by atoms with van der Waals surface area (Å²) in [7, 11) is 0. The summed E-state index contributed by atoms with van der Waals surface area (Å²) in [4.78, 5) is 8.59. The Kier molecular flexibility index (Phi) is 4.86. The number of aryl methyl sites for hydroxylation is 1. The van der Waals surface area contributed by atoms with Crippen molar-refractivity contribution in [1.82, 2.24) is 15.3 Å². The van der Waals surface area contributed by atoms with Crippen LogP contribution in [0.25, 0.3) is 0 Å². The highest BCUT2D eigenvalue weighted by Crippen LogP contribution is 2.18. The maximum atomic E-state index is 5.83. The summed E-state index contributed by atoms with van der Waals surface area (Å²) in [6, 6.07) is 7.85. The second-order valence-corrected chi connectivity index (χ2v) is 4.33. The molecule has 100 valence electrons. The predicted molar refractivity (Wildman–Crippen MR) is 74.9 cm³/mol. The monoisotopic (exact) mass is 257 g/mol. The molecule has 0 bridgehead atoms. The first-order valence-electron chi connectivity index (χ1n) is 6.48. The van der Waals surface area contributed by atoms with Crippen molar-refractivity contribution in [2.45, 2.75) is 27.0 Å². The van der Waals surface area contributed by atoms with Gasteiger partial charge in [0.15, 0.2) is 0 Å². The molecule has 1 N–H and O–H groups in total. The van der Waals surface area contributed by atoms with Crippen molar-refractivity contribution in [1.29, 1.82) is 0 Å². The standard InChI is InChI=1S/C15H19N3O/c1-3-16-10-14-15(7-6-12(2)18-14)19-11-13-5-4-8-17-9-13/h4-9,16H,3,10-11H2,1-2H3. The van der Waals surface area contributed by atoms with E-state index in [4.69, 9.17) is 4.74 Å². The van der Waals surface area contributed by atoms with Gasteiger partial charge in [-0.2, -0.15) is 0 Å². The third kappa shape index (κ3) is 4.03. The van der Waals surface area contributed by atoms with Crippen molar-refractivity contribution < 1.29 is 4.74 Å².